The second-order valence-electron chi connectivity index (χ2n) is 6.26. The van der Waals surface area contributed by atoms with E-state index in [-0.39, 0.29) is 11.8 Å². The summed E-state index contributed by atoms with van der Waals surface area (Å²) in [5, 5.41) is 0. The van der Waals surface area contributed by atoms with Gasteiger partial charge in [0.2, 0.25) is 0 Å². The van der Waals surface area contributed by atoms with Crippen LogP contribution in [-0.2, 0) is 9.53 Å². The van der Waals surface area contributed by atoms with Gasteiger partial charge in [0.15, 0.2) is 0 Å². The third kappa shape index (κ3) is 3.26. The van der Waals surface area contributed by atoms with E-state index in [9.17, 15) is 9.18 Å². The van der Waals surface area contributed by atoms with Crippen LogP contribution in [0.3, 0.4) is 0 Å². The zero-order chi connectivity index (χ0) is 14.8. The van der Waals surface area contributed by atoms with Crippen molar-refractivity contribution >= 4 is 5.97 Å². The van der Waals surface area contributed by atoms with Gasteiger partial charge < -0.3 is 9.64 Å². The Morgan fingerprint density at radius 2 is 2.10 bits per heavy atom. The molecule has 3 nitrogen and oxygen atoms in total. The molecule has 0 radical (unpaired) electrons. The van der Waals surface area contributed by atoms with Gasteiger partial charge in [0.05, 0.1) is 0 Å². The third-order valence-electron chi connectivity index (χ3n) is 4.87. The van der Waals surface area contributed by atoms with Gasteiger partial charge in [0.1, 0.15) is 11.9 Å². The zero-order valence-corrected chi connectivity index (χ0v) is 12.4. The molecular weight excluding hydrogens is 269 g/mol. The number of hydrogen-bond acceptors (Lipinski definition) is 3. The topological polar surface area (TPSA) is 29.5 Å². The summed E-state index contributed by atoms with van der Waals surface area (Å²) in [5.41, 5.74) is 0.444. The number of benzene rings is 1. The molecule has 114 valence electrons. The molecule has 0 saturated carbocycles. The van der Waals surface area contributed by atoms with Gasteiger partial charge in [-0.3, -0.25) is 4.79 Å². The van der Waals surface area contributed by atoms with Crippen LogP contribution in [0.15, 0.2) is 24.3 Å². The van der Waals surface area contributed by atoms with Crippen molar-refractivity contribution in [2.75, 3.05) is 19.6 Å². The highest BCUT2D eigenvalue weighted by atomic mass is 19.1. The van der Waals surface area contributed by atoms with Crippen LogP contribution in [0, 0.1) is 17.7 Å². The van der Waals surface area contributed by atoms with E-state index in [0.717, 1.165) is 6.54 Å². The fraction of sp³-hybridized carbons (Fsp3) is 0.588. The second kappa shape index (κ2) is 6.14. The average molecular weight is 291 g/mol. The molecule has 21 heavy (non-hydrogen) atoms. The summed E-state index contributed by atoms with van der Waals surface area (Å²) in [6, 6.07) is 6.46. The molecule has 3 aliphatic heterocycles. The van der Waals surface area contributed by atoms with Gasteiger partial charge in [-0.15, -0.1) is 0 Å². The van der Waals surface area contributed by atoms with Gasteiger partial charge in [-0.2, -0.15) is 0 Å². The lowest BCUT2D eigenvalue weighted by molar-refractivity contribution is -0.151. The molecule has 3 fully saturated rings. The summed E-state index contributed by atoms with van der Waals surface area (Å²) in [4.78, 5) is 14.5. The number of fused-ring (bicyclic) bond motifs is 3. The van der Waals surface area contributed by atoms with Crippen molar-refractivity contribution in [1.29, 1.82) is 0 Å². The maximum absolute atomic E-state index is 13.7. The number of ether oxygens (including phenoxy) is 1. The summed E-state index contributed by atoms with van der Waals surface area (Å²) in [6.07, 6.45) is 2.32. The molecule has 4 rings (SSSR count). The van der Waals surface area contributed by atoms with E-state index in [2.05, 4.69) is 4.90 Å². The van der Waals surface area contributed by atoms with Crippen LogP contribution < -0.4 is 0 Å². The van der Waals surface area contributed by atoms with Crippen molar-refractivity contribution in [2.24, 2.45) is 11.8 Å². The van der Waals surface area contributed by atoms with Crippen molar-refractivity contribution < 1.29 is 13.9 Å². The van der Waals surface area contributed by atoms with Gasteiger partial charge in [0, 0.05) is 18.5 Å². The number of halogens is 1. The molecule has 2 bridgehead atoms. The molecule has 1 aromatic rings. The predicted octanol–water partition coefficient (Wildman–Crippen LogP) is 3.16. The number of esters is 1. The summed E-state index contributed by atoms with van der Waals surface area (Å²) in [5.74, 6) is 0.546. The summed E-state index contributed by atoms with van der Waals surface area (Å²) in [6.45, 7) is 5.07. The summed E-state index contributed by atoms with van der Waals surface area (Å²) >= 11 is 0. The van der Waals surface area contributed by atoms with E-state index in [1.54, 1.807) is 25.1 Å². The first kappa shape index (κ1) is 14.5. The zero-order valence-electron chi connectivity index (χ0n) is 12.4. The van der Waals surface area contributed by atoms with E-state index < -0.39 is 6.10 Å². The second-order valence-corrected chi connectivity index (χ2v) is 6.26. The number of carbonyl (C=O) groups is 1. The Morgan fingerprint density at radius 1 is 1.38 bits per heavy atom. The van der Waals surface area contributed by atoms with E-state index in [1.165, 1.54) is 32.0 Å². The van der Waals surface area contributed by atoms with Crippen LogP contribution in [0.2, 0.25) is 0 Å². The van der Waals surface area contributed by atoms with Crippen LogP contribution in [-0.4, -0.2) is 30.5 Å². The highest BCUT2D eigenvalue weighted by Gasteiger charge is 2.35. The standard InChI is InChI=1S/C17H22FNO2/c1-12(15-4-2-3-5-16(15)18)21-17(20)10-14-11-19-8-6-13(14)7-9-19/h2-5,12-14H,6-11H2,1H3/t12-,14+/m0/s1. The quantitative estimate of drug-likeness (QED) is 0.798. The number of nitrogens with zero attached hydrogens (tertiary/aromatic N) is 1. The summed E-state index contributed by atoms with van der Waals surface area (Å²) in [7, 11) is 0. The van der Waals surface area contributed by atoms with Crippen LogP contribution in [0.4, 0.5) is 4.39 Å². The Morgan fingerprint density at radius 3 is 2.71 bits per heavy atom. The number of carbonyl (C=O) groups excluding carboxylic acids is 1. The minimum absolute atomic E-state index is 0.204. The Kier molecular flexibility index (Phi) is 4.24. The number of piperidine rings is 3. The lowest BCUT2D eigenvalue weighted by Crippen LogP contribution is -2.48. The molecule has 0 aromatic heterocycles. The van der Waals surface area contributed by atoms with Crippen LogP contribution in [0.5, 0.6) is 0 Å². The molecular formula is C17H22FNO2. The smallest absolute Gasteiger partial charge is 0.306 e. The van der Waals surface area contributed by atoms with Gasteiger partial charge in [-0.05, 0) is 50.8 Å². The third-order valence-corrected chi connectivity index (χ3v) is 4.87. The molecule has 3 saturated heterocycles. The lowest BCUT2D eigenvalue weighted by Gasteiger charge is -2.44. The van der Waals surface area contributed by atoms with Crippen molar-refractivity contribution in [3.8, 4) is 0 Å². The molecule has 3 aliphatic rings. The van der Waals surface area contributed by atoms with Gasteiger partial charge in [-0.1, -0.05) is 18.2 Å². The number of rotatable bonds is 4. The fourth-order valence-electron chi connectivity index (χ4n) is 3.65. The van der Waals surface area contributed by atoms with Crippen LogP contribution in [0.25, 0.3) is 0 Å². The Balaban J connectivity index is 1.56. The van der Waals surface area contributed by atoms with Crippen molar-refractivity contribution in [1.82, 2.24) is 4.90 Å². The SMILES string of the molecule is C[C@H](OC(=O)C[C@@H]1CN2CCC1CC2)c1ccccc1F. The van der Waals surface area contributed by atoms with E-state index in [0.29, 0.717) is 23.8 Å². The monoisotopic (exact) mass is 291 g/mol. The molecule has 0 amide bonds. The normalized spacial score (nSPS) is 29.1. The van der Waals surface area contributed by atoms with Crippen LogP contribution >= 0.6 is 0 Å². The Bertz CT molecular complexity index is 511. The molecule has 0 aliphatic carbocycles. The van der Waals surface area contributed by atoms with Crippen molar-refractivity contribution in [3.05, 3.63) is 35.6 Å². The number of hydrogen-bond donors (Lipinski definition) is 0. The average Bonchev–Trinajstić information content (AvgIpc) is 2.48. The molecule has 0 unspecified atom stereocenters. The first-order chi connectivity index (χ1) is 10.1. The lowest BCUT2D eigenvalue weighted by atomic mass is 9.77. The minimum atomic E-state index is -0.528. The molecule has 0 spiro atoms. The first-order valence-electron chi connectivity index (χ1n) is 7.79. The van der Waals surface area contributed by atoms with E-state index >= 15 is 0 Å². The first-order valence-corrected chi connectivity index (χ1v) is 7.79. The Labute approximate surface area is 125 Å². The van der Waals surface area contributed by atoms with Gasteiger partial charge >= 0.3 is 5.97 Å². The van der Waals surface area contributed by atoms with Gasteiger partial charge in [-0.25, -0.2) is 4.39 Å². The van der Waals surface area contributed by atoms with E-state index in [1.807, 2.05) is 0 Å². The largest absolute Gasteiger partial charge is 0.458 e. The fourth-order valence-corrected chi connectivity index (χ4v) is 3.65. The maximum Gasteiger partial charge on any atom is 0.306 e. The molecule has 0 N–H and O–H groups in total. The molecule has 3 heterocycles. The highest BCUT2D eigenvalue weighted by molar-refractivity contribution is 5.70. The van der Waals surface area contributed by atoms with E-state index in [4.69, 9.17) is 4.74 Å². The van der Waals surface area contributed by atoms with Gasteiger partial charge in [0.25, 0.3) is 0 Å². The van der Waals surface area contributed by atoms with Crippen molar-refractivity contribution in [3.63, 3.8) is 0 Å². The van der Waals surface area contributed by atoms with Crippen LogP contribution in [0.1, 0.15) is 37.9 Å². The minimum Gasteiger partial charge on any atom is -0.458 e. The Hall–Kier alpha value is -1.42. The highest BCUT2D eigenvalue weighted by Crippen LogP contribution is 2.34. The summed E-state index contributed by atoms with van der Waals surface area (Å²) < 4.78 is 19.1. The molecule has 1 aromatic carbocycles. The molecule has 2 atom stereocenters. The molecule has 4 heteroatoms. The maximum atomic E-state index is 13.7. The predicted molar refractivity (Wildman–Crippen MR) is 78.2 cm³/mol. The van der Waals surface area contributed by atoms with Crippen molar-refractivity contribution in [2.45, 2.75) is 32.3 Å².